The van der Waals surface area contributed by atoms with Gasteiger partial charge < -0.3 is 10.2 Å². The Kier molecular flexibility index (Phi) is 2.47. The van der Waals surface area contributed by atoms with Crippen molar-refractivity contribution in [2.75, 3.05) is 16.8 Å². The third-order valence-electron chi connectivity index (χ3n) is 4.97. The third kappa shape index (κ3) is 1.48. The van der Waals surface area contributed by atoms with Crippen molar-refractivity contribution in [3.05, 3.63) is 23.2 Å². The van der Waals surface area contributed by atoms with E-state index in [1.165, 1.54) is 43.5 Å². The molecule has 96 valence electrons. The van der Waals surface area contributed by atoms with Gasteiger partial charge in [-0.3, -0.25) is 0 Å². The standard InChI is InChI=1S/C15H19ClN2/c16-12-5-3-6-13-15(12)18-11(9-17-13)8-10-4-1-2-7-14(10)18/h3,5-6,10-11,14,17H,1-2,4,7-9H2. The molecule has 0 bridgehead atoms. The largest absolute Gasteiger partial charge is 0.381 e. The predicted molar refractivity (Wildman–Crippen MR) is 76.6 cm³/mol. The van der Waals surface area contributed by atoms with Gasteiger partial charge in [0.05, 0.1) is 16.4 Å². The first-order chi connectivity index (χ1) is 8.84. The molecule has 1 saturated carbocycles. The minimum Gasteiger partial charge on any atom is -0.381 e. The van der Waals surface area contributed by atoms with E-state index >= 15 is 0 Å². The van der Waals surface area contributed by atoms with Gasteiger partial charge in [0.2, 0.25) is 0 Å². The maximum Gasteiger partial charge on any atom is 0.0796 e. The number of halogens is 1. The zero-order chi connectivity index (χ0) is 12.1. The molecule has 0 spiro atoms. The molecule has 4 rings (SSSR count). The van der Waals surface area contributed by atoms with Crippen molar-refractivity contribution in [2.45, 2.75) is 44.2 Å². The summed E-state index contributed by atoms with van der Waals surface area (Å²) < 4.78 is 0. The first-order valence-electron chi connectivity index (χ1n) is 7.15. The number of nitrogens with one attached hydrogen (secondary N) is 1. The highest BCUT2D eigenvalue weighted by atomic mass is 35.5. The van der Waals surface area contributed by atoms with Gasteiger partial charge in [-0.1, -0.05) is 30.5 Å². The van der Waals surface area contributed by atoms with Crippen molar-refractivity contribution < 1.29 is 0 Å². The molecular weight excluding hydrogens is 244 g/mol. The van der Waals surface area contributed by atoms with E-state index in [-0.39, 0.29) is 0 Å². The number of benzene rings is 1. The van der Waals surface area contributed by atoms with E-state index in [1.54, 1.807) is 0 Å². The van der Waals surface area contributed by atoms with Crippen LogP contribution < -0.4 is 10.2 Å². The number of rotatable bonds is 0. The molecule has 2 heterocycles. The fourth-order valence-electron chi connectivity index (χ4n) is 4.24. The second kappa shape index (κ2) is 4.06. The molecule has 2 nitrogen and oxygen atoms in total. The molecule has 3 aliphatic rings. The highest BCUT2D eigenvalue weighted by Gasteiger charge is 2.44. The lowest BCUT2D eigenvalue weighted by Crippen LogP contribution is -2.45. The maximum absolute atomic E-state index is 6.46. The van der Waals surface area contributed by atoms with Gasteiger partial charge in [0.1, 0.15) is 0 Å². The number of fused-ring (bicyclic) bond motifs is 5. The Balaban J connectivity index is 1.79. The van der Waals surface area contributed by atoms with Crippen LogP contribution in [0.1, 0.15) is 32.1 Å². The van der Waals surface area contributed by atoms with Crippen molar-refractivity contribution in [3.63, 3.8) is 0 Å². The van der Waals surface area contributed by atoms with Crippen LogP contribution in [-0.2, 0) is 0 Å². The van der Waals surface area contributed by atoms with Gasteiger partial charge in [0.25, 0.3) is 0 Å². The molecule has 0 amide bonds. The zero-order valence-electron chi connectivity index (χ0n) is 10.5. The summed E-state index contributed by atoms with van der Waals surface area (Å²) in [5.41, 5.74) is 2.50. The Labute approximate surface area is 113 Å². The highest BCUT2D eigenvalue weighted by molar-refractivity contribution is 6.34. The molecule has 1 N–H and O–H groups in total. The van der Waals surface area contributed by atoms with Crippen LogP contribution in [0.4, 0.5) is 11.4 Å². The molecule has 0 aromatic heterocycles. The van der Waals surface area contributed by atoms with Gasteiger partial charge in [0, 0.05) is 18.6 Å². The lowest BCUT2D eigenvalue weighted by Gasteiger charge is -2.40. The van der Waals surface area contributed by atoms with E-state index in [2.05, 4.69) is 16.3 Å². The second-order valence-electron chi connectivity index (χ2n) is 5.93. The number of hydrogen-bond acceptors (Lipinski definition) is 2. The van der Waals surface area contributed by atoms with Gasteiger partial charge in [-0.25, -0.2) is 0 Å². The van der Waals surface area contributed by atoms with E-state index in [1.807, 2.05) is 12.1 Å². The quantitative estimate of drug-likeness (QED) is 0.763. The summed E-state index contributed by atoms with van der Waals surface area (Å²) in [7, 11) is 0. The monoisotopic (exact) mass is 262 g/mol. The minimum absolute atomic E-state index is 0.658. The van der Waals surface area contributed by atoms with E-state index in [9.17, 15) is 0 Å². The molecule has 3 atom stereocenters. The Morgan fingerprint density at radius 1 is 1.22 bits per heavy atom. The SMILES string of the molecule is Clc1cccc2c1N1C(CN2)CC2CCCCC21. The van der Waals surface area contributed by atoms with E-state index in [4.69, 9.17) is 11.6 Å². The molecule has 1 aromatic rings. The lowest BCUT2D eigenvalue weighted by molar-refractivity contribution is 0.342. The van der Waals surface area contributed by atoms with Crippen LogP contribution in [0.15, 0.2) is 18.2 Å². The van der Waals surface area contributed by atoms with Crippen LogP contribution in [0.3, 0.4) is 0 Å². The molecule has 3 heteroatoms. The summed E-state index contributed by atoms with van der Waals surface area (Å²) in [6, 6.07) is 7.63. The summed E-state index contributed by atoms with van der Waals surface area (Å²) in [5.74, 6) is 0.896. The highest BCUT2D eigenvalue weighted by Crippen LogP contribution is 2.48. The van der Waals surface area contributed by atoms with Crippen LogP contribution in [0, 0.1) is 5.92 Å². The van der Waals surface area contributed by atoms with E-state index in [0.29, 0.717) is 6.04 Å². The average Bonchev–Trinajstić information content (AvgIpc) is 2.77. The van der Waals surface area contributed by atoms with Crippen LogP contribution in [0.5, 0.6) is 0 Å². The topological polar surface area (TPSA) is 15.3 Å². The van der Waals surface area contributed by atoms with Gasteiger partial charge in [0.15, 0.2) is 0 Å². The van der Waals surface area contributed by atoms with Crippen molar-refractivity contribution in [3.8, 4) is 0 Å². The molecule has 2 aliphatic heterocycles. The first kappa shape index (κ1) is 11.0. The number of para-hydroxylation sites is 1. The average molecular weight is 263 g/mol. The predicted octanol–water partition coefficient (Wildman–Crippen LogP) is 3.90. The van der Waals surface area contributed by atoms with Crippen molar-refractivity contribution in [1.82, 2.24) is 0 Å². The molecule has 3 unspecified atom stereocenters. The third-order valence-corrected chi connectivity index (χ3v) is 5.27. The number of anilines is 2. The summed E-state index contributed by atoms with van der Waals surface area (Å²) in [4.78, 5) is 2.65. The van der Waals surface area contributed by atoms with Crippen molar-refractivity contribution >= 4 is 23.0 Å². The molecule has 0 radical (unpaired) electrons. The van der Waals surface area contributed by atoms with Gasteiger partial charge in [-0.2, -0.15) is 0 Å². The Bertz CT molecular complexity index is 474. The Hall–Kier alpha value is -0.890. The molecular formula is C15H19ClN2. The zero-order valence-corrected chi connectivity index (χ0v) is 11.3. The summed E-state index contributed by atoms with van der Waals surface area (Å²) in [6.07, 6.45) is 6.92. The number of nitrogens with zero attached hydrogens (tertiary/aromatic N) is 1. The van der Waals surface area contributed by atoms with E-state index < -0.39 is 0 Å². The van der Waals surface area contributed by atoms with E-state index in [0.717, 1.165) is 23.5 Å². The summed E-state index contributed by atoms with van der Waals surface area (Å²) in [6.45, 7) is 1.08. The lowest BCUT2D eigenvalue weighted by atomic mass is 9.85. The molecule has 1 aliphatic carbocycles. The Morgan fingerprint density at radius 2 is 2.11 bits per heavy atom. The maximum atomic E-state index is 6.46. The normalized spacial score (nSPS) is 33.4. The Morgan fingerprint density at radius 3 is 3.06 bits per heavy atom. The molecule has 18 heavy (non-hydrogen) atoms. The minimum atomic E-state index is 0.658. The fourth-order valence-corrected chi connectivity index (χ4v) is 4.51. The van der Waals surface area contributed by atoms with Crippen molar-refractivity contribution in [2.24, 2.45) is 5.92 Å². The van der Waals surface area contributed by atoms with Crippen molar-refractivity contribution in [1.29, 1.82) is 0 Å². The summed E-state index contributed by atoms with van der Waals surface area (Å²) in [5, 5.41) is 4.47. The van der Waals surface area contributed by atoms with Gasteiger partial charge in [-0.05, 0) is 37.3 Å². The van der Waals surface area contributed by atoms with Gasteiger partial charge in [-0.15, -0.1) is 0 Å². The van der Waals surface area contributed by atoms with Crippen LogP contribution in [0.25, 0.3) is 0 Å². The summed E-state index contributed by atoms with van der Waals surface area (Å²) >= 11 is 6.46. The second-order valence-corrected chi connectivity index (χ2v) is 6.33. The molecule has 2 fully saturated rings. The van der Waals surface area contributed by atoms with Crippen LogP contribution >= 0.6 is 11.6 Å². The molecule has 1 aromatic carbocycles. The smallest absolute Gasteiger partial charge is 0.0796 e. The molecule has 1 saturated heterocycles. The number of hydrogen-bond donors (Lipinski definition) is 1. The van der Waals surface area contributed by atoms with Gasteiger partial charge >= 0.3 is 0 Å². The van der Waals surface area contributed by atoms with Crippen LogP contribution in [-0.4, -0.2) is 18.6 Å². The van der Waals surface area contributed by atoms with Crippen LogP contribution in [0.2, 0.25) is 5.02 Å². The fraction of sp³-hybridized carbons (Fsp3) is 0.600. The first-order valence-corrected chi connectivity index (χ1v) is 7.53.